The minimum atomic E-state index is -5.02. The number of aromatic amines is 1. The summed E-state index contributed by atoms with van der Waals surface area (Å²) < 4.78 is 102. The van der Waals surface area contributed by atoms with Crippen molar-refractivity contribution in [2.75, 3.05) is 0 Å². The van der Waals surface area contributed by atoms with Crippen molar-refractivity contribution < 1.29 is 40.3 Å². The topological polar surface area (TPSA) is 84.1 Å². The lowest BCUT2D eigenvalue weighted by Crippen LogP contribution is -2.42. The molecule has 1 fully saturated rings. The van der Waals surface area contributed by atoms with Crippen molar-refractivity contribution in [3.05, 3.63) is 86.3 Å². The lowest BCUT2D eigenvalue weighted by molar-refractivity contribution is -0.137. The zero-order valence-corrected chi connectivity index (χ0v) is 19.7. The lowest BCUT2D eigenvalue weighted by Gasteiger charge is -2.34. The van der Waals surface area contributed by atoms with E-state index in [4.69, 9.17) is 4.74 Å². The van der Waals surface area contributed by atoms with Crippen LogP contribution in [0.25, 0.3) is 11.4 Å². The molecule has 202 valence electrons. The van der Waals surface area contributed by atoms with Crippen molar-refractivity contribution in [2.45, 2.75) is 45.2 Å². The summed E-state index contributed by atoms with van der Waals surface area (Å²) in [6.07, 6.45) is -4.80. The SMILES string of the molecule is Cc1nc(-c2c(C(F)(F)F)ccc(CNC(=O)C3CC(OCc4cc(F)cc(F)c4)C3)c2F)[nH]c(=O)c1F. The summed E-state index contributed by atoms with van der Waals surface area (Å²) in [5, 5.41) is 2.45. The Kier molecular flexibility index (Phi) is 7.58. The predicted octanol–water partition coefficient (Wildman–Crippen LogP) is 4.93. The molecule has 1 aliphatic carbocycles. The molecule has 6 nitrogen and oxygen atoms in total. The smallest absolute Gasteiger partial charge is 0.373 e. The van der Waals surface area contributed by atoms with Crippen LogP contribution in [-0.2, 0) is 28.9 Å². The molecule has 0 spiro atoms. The van der Waals surface area contributed by atoms with Gasteiger partial charge in [0.25, 0.3) is 5.56 Å². The Morgan fingerprint density at radius 3 is 2.34 bits per heavy atom. The molecule has 0 radical (unpaired) electrons. The molecule has 2 aromatic carbocycles. The minimum Gasteiger partial charge on any atom is -0.373 e. The van der Waals surface area contributed by atoms with Crippen LogP contribution < -0.4 is 10.9 Å². The molecule has 2 N–H and O–H groups in total. The Bertz CT molecular complexity index is 1410. The number of carbonyl (C=O) groups is 1. The summed E-state index contributed by atoms with van der Waals surface area (Å²) in [5.74, 6) is -5.99. The first-order valence-corrected chi connectivity index (χ1v) is 11.3. The second kappa shape index (κ2) is 10.6. The standard InChI is InChI=1S/C25H20F7N3O3/c1-11-20(28)24(37)35-22(34-11)19-18(25(30,31)32)3-2-13(21(19)29)9-33-23(36)14-6-17(7-14)38-10-12-4-15(26)8-16(27)5-12/h2-5,8,14,17H,6-7,9-10H2,1H3,(H,33,36)(H,34,35,37). The summed E-state index contributed by atoms with van der Waals surface area (Å²) in [6, 6.07) is 4.41. The molecule has 1 heterocycles. The van der Waals surface area contributed by atoms with Gasteiger partial charge < -0.3 is 15.0 Å². The van der Waals surface area contributed by atoms with E-state index in [2.05, 4.69) is 10.3 Å². The van der Waals surface area contributed by atoms with Crippen LogP contribution >= 0.6 is 0 Å². The van der Waals surface area contributed by atoms with E-state index in [-0.39, 0.29) is 36.7 Å². The summed E-state index contributed by atoms with van der Waals surface area (Å²) >= 11 is 0. The summed E-state index contributed by atoms with van der Waals surface area (Å²) in [4.78, 5) is 29.6. The van der Waals surface area contributed by atoms with Gasteiger partial charge in [-0.3, -0.25) is 9.59 Å². The quantitative estimate of drug-likeness (QED) is 0.414. The number of aryl methyl sites for hydroxylation is 1. The first kappa shape index (κ1) is 27.3. The Labute approximate surface area is 210 Å². The van der Waals surface area contributed by atoms with Crippen LogP contribution in [0.1, 0.15) is 35.2 Å². The first-order chi connectivity index (χ1) is 17.8. The minimum absolute atomic E-state index is 0.0633. The van der Waals surface area contributed by atoms with Crippen molar-refractivity contribution in [3.63, 3.8) is 0 Å². The van der Waals surface area contributed by atoms with E-state index in [1.165, 1.54) is 0 Å². The second-order valence-electron chi connectivity index (χ2n) is 8.87. The highest BCUT2D eigenvalue weighted by Crippen LogP contribution is 2.38. The first-order valence-electron chi connectivity index (χ1n) is 11.3. The van der Waals surface area contributed by atoms with Crippen molar-refractivity contribution in [3.8, 4) is 11.4 Å². The van der Waals surface area contributed by atoms with Gasteiger partial charge >= 0.3 is 6.18 Å². The van der Waals surface area contributed by atoms with Crippen molar-refractivity contribution in [2.24, 2.45) is 5.92 Å². The number of amides is 1. The molecule has 1 aromatic heterocycles. The van der Waals surface area contributed by atoms with Crippen molar-refractivity contribution in [1.82, 2.24) is 15.3 Å². The number of H-pyrrole nitrogens is 1. The van der Waals surface area contributed by atoms with E-state index in [1.54, 1.807) is 0 Å². The van der Waals surface area contributed by atoms with Crippen molar-refractivity contribution in [1.29, 1.82) is 0 Å². The molecular formula is C25H20F7N3O3. The molecule has 0 aliphatic heterocycles. The number of ether oxygens (including phenoxy) is 1. The number of benzene rings is 2. The van der Waals surface area contributed by atoms with Gasteiger partial charge in [0.05, 0.1) is 29.5 Å². The van der Waals surface area contributed by atoms with Crippen LogP contribution in [0, 0.1) is 36.1 Å². The van der Waals surface area contributed by atoms with E-state index in [9.17, 15) is 35.9 Å². The zero-order chi connectivity index (χ0) is 27.8. The Morgan fingerprint density at radius 1 is 1.08 bits per heavy atom. The van der Waals surface area contributed by atoms with Gasteiger partial charge in [0.1, 0.15) is 23.3 Å². The number of carbonyl (C=O) groups excluding carboxylic acids is 1. The van der Waals surface area contributed by atoms with E-state index >= 15 is 4.39 Å². The van der Waals surface area contributed by atoms with Crippen LogP contribution in [0.15, 0.2) is 35.1 Å². The van der Waals surface area contributed by atoms with Gasteiger partial charge in [-0.05, 0) is 43.5 Å². The van der Waals surface area contributed by atoms with Crippen LogP contribution in [0.2, 0.25) is 0 Å². The van der Waals surface area contributed by atoms with E-state index in [0.717, 1.165) is 31.2 Å². The molecule has 1 aliphatic rings. The van der Waals surface area contributed by atoms with Crippen LogP contribution in [0.5, 0.6) is 0 Å². The molecule has 1 amide bonds. The number of nitrogens with zero attached hydrogens (tertiary/aromatic N) is 1. The number of hydrogen-bond acceptors (Lipinski definition) is 4. The fourth-order valence-corrected chi connectivity index (χ4v) is 4.06. The molecule has 0 saturated heterocycles. The maximum Gasteiger partial charge on any atom is 0.417 e. The molecule has 13 heteroatoms. The molecule has 3 aromatic rings. The third-order valence-corrected chi connectivity index (χ3v) is 6.12. The van der Waals surface area contributed by atoms with E-state index < -0.39 is 76.0 Å². The fraction of sp³-hybridized carbons (Fsp3) is 0.320. The van der Waals surface area contributed by atoms with Crippen molar-refractivity contribution >= 4 is 5.91 Å². The molecule has 0 atom stereocenters. The molecule has 0 bridgehead atoms. The highest BCUT2D eigenvalue weighted by molar-refractivity contribution is 5.79. The summed E-state index contributed by atoms with van der Waals surface area (Å²) in [6.45, 7) is 0.520. The third kappa shape index (κ3) is 5.87. The third-order valence-electron chi connectivity index (χ3n) is 6.12. The maximum absolute atomic E-state index is 15.3. The average Bonchev–Trinajstić information content (AvgIpc) is 2.79. The summed E-state index contributed by atoms with van der Waals surface area (Å²) in [7, 11) is 0. The molecule has 38 heavy (non-hydrogen) atoms. The summed E-state index contributed by atoms with van der Waals surface area (Å²) in [5.41, 5.74) is -4.41. The van der Waals surface area contributed by atoms with Crippen LogP contribution in [-0.4, -0.2) is 22.0 Å². The monoisotopic (exact) mass is 543 g/mol. The Balaban J connectivity index is 1.42. The number of rotatable bonds is 7. The number of aromatic nitrogens is 2. The number of hydrogen-bond donors (Lipinski definition) is 2. The highest BCUT2D eigenvalue weighted by atomic mass is 19.4. The number of halogens is 7. The molecule has 1 saturated carbocycles. The Morgan fingerprint density at radius 2 is 1.74 bits per heavy atom. The normalized spacial score (nSPS) is 17.3. The molecule has 4 rings (SSSR count). The zero-order valence-electron chi connectivity index (χ0n) is 19.7. The van der Waals surface area contributed by atoms with Gasteiger partial charge in [0.2, 0.25) is 11.7 Å². The fourth-order valence-electron chi connectivity index (χ4n) is 4.06. The average molecular weight is 543 g/mol. The van der Waals surface area contributed by atoms with E-state index in [1.807, 2.05) is 4.98 Å². The largest absolute Gasteiger partial charge is 0.417 e. The number of alkyl halides is 3. The predicted molar refractivity (Wildman–Crippen MR) is 119 cm³/mol. The van der Waals surface area contributed by atoms with Crippen LogP contribution in [0.3, 0.4) is 0 Å². The molecule has 0 unspecified atom stereocenters. The lowest BCUT2D eigenvalue weighted by atomic mass is 9.81. The van der Waals surface area contributed by atoms with Gasteiger partial charge in [0, 0.05) is 24.1 Å². The van der Waals surface area contributed by atoms with Gasteiger partial charge in [-0.25, -0.2) is 18.2 Å². The maximum atomic E-state index is 15.3. The Hall–Kier alpha value is -3.74. The van der Waals surface area contributed by atoms with Gasteiger partial charge in [-0.2, -0.15) is 17.6 Å². The van der Waals surface area contributed by atoms with E-state index in [0.29, 0.717) is 6.07 Å². The van der Waals surface area contributed by atoms with Gasteiger partial charge in [0.15, 0.2) is 0 Å². The van der Waals surface area contributed by atoms with Gasteiger partial charge in [-0.15, -0.1) is 0 Å². The van der Waals surface area contributed by atoms with Crippen LogP contribution in [0.4, 0.5) is 30.7 Å². The second-order valence-corrected chi connectivity index (χ2v) is 8.87. The highest BCUT2D eigenvalue weighted by Gasteiger charge is 2.38. The van der Waals surface area contributed by atoms with Gasteiger partial charge in [-0.1, -0.05) is 6.07 Å². The molecular weight excluding hydrogens is 523 g/mol. The number of nitrogens with one attached hydrogen (secondary N) is 2.